The molecule has 0 radical (unpaired) electrons. The molecule has 1 aromatic carbocycles. The van der Waals surface area contributed by atoms with Crippen LogP contribution in [0.1, 0.15) is 33.5 Å². The summed E-state index contributed by atoms with van der Waals surface area (Å²) in [6.45, 7) is 9.21. The van der Waals surface area contributed by atoms with Gasteiger partial charge in [-0.05, 0) is 62.9 Å². The van der Waals surface area contributed by atoms with E-state index in [0.29, 0.717) is 10.6 Å². The lowest BCUT2D eigenvalue weighted by atomic mass is 10.1. The van der Waals surface area contributed by atoms with E-state index in [2.05, 4.69) is 16.4 Å². The van der Waals surface area contributed by atoms with Gasteiger partial charge in [-0.1, -0.05) is 11.8 Å². The molecular weight excluding hydrogens is 364 g/mol. The lowest BCUT2D eigenvalue weighted by Gasteiger charge is -2.11. The van der Waals surface area contributed by atoms with Crippen molar-refractivity contribution in [3.05, 3.63) is 55.8 Å². The smallest absolute Gasteiger partial charge is 0.293 e. The Kier molecular flexibility index (Phi) is 6.18. The number of anilines is 1. The number of hydrogen-bond acceptors (Lipinski definition) is 6. The van der Waals surface area contributed by atoms with E-state index in [0.717, 1.165) is 39.7 Å². The minimum absolute atomic E-state index is 0.00625. The zero-order valence-corrected chi connectivity index (χ0v) is 16.7. The number of carbonyl (C=O) groups excluding carboxylic acids is 1. The number of hydrogen-bond donors (Lipinski definition) is 1. The lowest BCUT2D eigenvalue weighted by molar-refractivity contribution is -0.384. The van der Waals surface area contributed by atoms with E-state index in [1.807, 2.05) is 27.7 Å². The van der Waals surface area contributed by atoms with Crippen molar-refractivity contribution in [1.29, 1.82) is 5.26 Å². The molecule has 0 saturated heterocycles. The van der Waals surface area contributed by atoms with Crippen LogP contribution in [0.5, 0.6) is 0 Å². The van der Waals surface area contributed by atoms with Crippen molar-refractivity contribution in [1.82, 2.24) is 4.98 Å². The average molecular weight is 384 g/mol. The highest BCUT2D eigenvalue weighted by Gasteiger charge is 2.19. The van der Waals surface area contributed by atoms with Gasteiger partial charge in [0.15, 0.2) is 0 Å². The summed E-state index contributed by atoms with van der Waals surface area (Å²) in [5.41, 5.74) is 4.70. The summed E-state index contributed by atoms with van der Waals surface area (Å²) in [5, 5.41) is 23.7. The van der Waals surface area contributed by atoms with E-state index < -0.39 is 10.8 Å². The third-order valence-corrected chi connectivity index (χ3v) is 5.47. The fourth-order valence-electron chi connectivity index (χ4n) is 2.52. The summed E-state index contributed by atoms with van der Waals surface area (Å²) in [6.07, 6.45) is 0. The van der Waals surface area contributed by atoms with E-state index >= 15 is 0 Å². The fraction of sp³-hybridized carbons (Fsp3) is 0.316. The number of benzene rings is 1. The Morgan fingerprint density at radius 1 is 1.22 bits per heavy atom. The van der Waals surface area contributed by atoms with Crippen molar-refractivity contribution < 1.29 is 9.72 Å². The molecule has 0 unspecified atom stereocenters. The normalized spacial score (nSPS) is 10.4. The van der Waals surface area contributed by atoms with Crippen molar-refractivity contribution in [2.24, 2.45) is 0 Å². The second-order valence-electron chi connectivity index (χ2n) is 6.29. The maximum Gasteiger partial charge on any atom is 0.293 e. The number of thioether (sulfide) groups is 1. The number of nitro groups is 1. The van der Waals surface area contributed by atoms with Crippen LogP contribution >= 0.6 is 11.8 Å². The highest BCUT2D eigenvalue weighted by Crippen LogP contribution is 2.29. The summed E-state index contributed by atoms with van der Waals surface area (Å²) in [4.78, 5) is 27.5. The highest BCUT2D eigenvalue weighted by atomic mass is 32.2. The maximum absolute atomic E-state index is 12.3. The highest BCUT2D eigenvalue weighted by molar-refractivity contribution is 8.00. The molecule has 27 heavy (non-hydrogen) atoms. The molecule has 140 valence electrons. The second-order valence-corrected chi connectivity index (χ2v) is 7.25. The minimum Gasteiger partial charge on any atom is -0.320 e. The lowest BCUT2D eigenvalue weighted by Crippen LogP contribution is -2.16. The van der Waals surface area contributed by atoms with Crippen molar-refractivity contribution in [2.45, 2.75) is 39.6 Å². The molecule has 0 aliphatic rings. The van der Waals surface area contributed by atoms with E-state index in [-0.39, 0.29) is 17.1 Å². The van der Waals surface area contributed by atoms with Crippen LogP contribution in [0, 0.1) is 56.1 Å². The van der Waals surface area contributed by atoms with Crippen molar-refractivity contribution in [3.63, 3.8) is 0 Å². The Labute approximate surface area is 162 Å². The molecule has 0 aliphatic carbocycles. The van der Waals surface area contributed by atoms with Gasteiger partial charge in [-0.15, -0.1) is 0 Å². The molecule has 0 fully saturated rings. The monoisotopic (exact) mass is 384 g/mol. The molecular formula is C19H20N4O3S. The predicted octanol–water partition coefficient (Wildman–Crippen LogP) is 4.13. The van der Waals surface area contributed by atoms with Crippen LogP contribution < -0.4 is 5.32 Å². The second kappa shape index (κ2) is 8.18. The maximum atomic E-state index is 12.3. The number of aryl methyl sites for hydroxylation is 3. The molecule has 0 bridgehead atoms. The van der Waals surface area contributed by atoms with Crippen LogP contribution in [0.4, 0.5) is 11.4 Å². The van der Waals surface area contributed by atoms with Crippen LogP contribution in [0.25, 0.3) is 0 Å². The van der Waals surface area contributed by atoms with Gasteiger partial charge in [0.05, 0.1) is 16.2 Å². The minimum atomic E-state index is -0.517. The average Bonchev–Trinajstić information content (AvgIpc) is 2.60. The Bertz CT molecular complexity index is 980. The number of nitrogens with one attached hydrogen (secondary N) is 1. The summed E-state index contributed by atoms with van der Waals surface area (Å²) in [5.74, 6) is -0.402. The fourth-order valence-corrected chi connectivity index (χ4v) is 3.40. The van der Waals surface area contributed by atoms with E-state index in [4.69, 9.17) is 0 Å². The van der Waals surface area contributed by atoms with Crippen LogP contribution in [0.2, 0.25) is 0 Å². The largest absolute Gasteiger partial charge is 0.320 e. The van der Waals surface area contributed by atoms with Gasteiger partial charge in [0.1, 0.15) is 16.8 Å². The molecule has 0 aliphatic heterocycles. The first-order valence-corrected chi connectivity index (χ1v) is 9.20. The number of carbonyl (C=O) groups is 1. The number of rotatable bonds is 5. The van der Waals surface area contributed by atoms with Gasteiger partial charge in [-0.3, -0.25) is 14.9 Å². The van der Waals surface area contributed by atoms with Crippen LogP contribution in [0.3, 0.4) is 0 Å². The molecule has 0 saturated carbocycles. The number of nitro benzene ring substituents is 1. The first kappa shape index (κ1) is 20.4. The first-order chi connectivity index (χ1) is 12.6. The molecule has 1 aromatic heterocycles. The zero-order chi connectivity index (χ0) is 20.3. The quantitative estimate of drug-likeness (QED) is 0.471. The van der Waals surface area contributed by atoms with Gasteiger partial charge >= 0.3 is 0 Å². The Morgan fingerprint density at radius 3 is 2.44 bits per heavy atom. The third-order valence-electron chi connectivity index (χ3n) is 4.50. The van der Waals surface area contributed by atoms with Crippen LogP contribution in [-0.4, -0.2) is 21.6 Å². The van der Waals surface area contributed by atoms with E-state index in [9.17, 15) is 20.2 Å². The van der Waals surface area contributed by atoms with Crippen molar-refractivity contribution >= 4 is 29.0 Å². The van der Waals surface area contributed by atoms with Gasteiger partial charge in [-0.2, -0.15) is 5.26 Å². The van der Waals surface area contributed by atoms with Gasteiger partial charge in [0.25, 0.3) is 5.69 Å². The molecule has 1 amide bonds. The molecule has 1 heterocycles. The number of pyridine rings is 1. The van der Waals surface area contributed by atoms with E-state index in [1.165, 1.54) is 6.07 Å². The molecule has 2 rings (SSSR count). The standard InChI is InChI=1S/C19H20N4O3S/c1-10-6-16(17(23(25)26)7-11(10)2)22-18(24)9-27-19-15(8-20)13(4)12(3)14(5)21-19/h6-7H,9H2,1-5H3,(H,22,24). The predicted molar refractivity (Wildman–Crippen MR) is 105 cm³/mol. The molecule has 0 spiro atoms. The summed E-state index contributed by atoms with van der Waals surface area (Å²) < 4.78 is 0. The van der Waals surface area contributed by atoms with Crippen molar-refractivity contribution in [2.75, 3.05) is 11.1 Å². The Hall–Kier alpha value is -2.92. The molecule has 1 N–H and O–H groups in total. The molecule has 0 atom stereocenters. The molecule has 2 aromatic rings. The Balaban J connectivity index is 2.21. The van der Waals surface area contributed by atoms with Gasteiger partial charge in [0, 0.05) is 11.8 Å². The van der Waals surface area contributed by atoms with Crippen molar-refractivity contribution in [3.8, 4) is 6.07 Å². The summed E-state index contributed by atoms with van der Waals surface area (Å²) in [6, 6.07) is 5.18. The number of nitrogens with zero attached hydrogens (tertiary/aromatic N) is 3. The van der Waals surface area contributed by atoms with Gasteiger partial charge < -0.3 is 5.32 Å². The van der Waals surface area contributed by atoms with Gasteiger partial charge in [0.2, 0.25) is 5.91 Å². The van der Waals surface area contributed by atoms with Crippen LogP contribution in [0.15, 0.2) is 17.2 Å². The number of aromatic nitrogens is 1. The molecule has 8 heteroatoms. The SMILES string of the molecule is Cc1cc(NC(=O)CSc2nc(C)c(C)c(C)c2C#N)c([N+](=O)[O-])cc1C. The number of nitriles is 1. The molecule has 7 nitrogen and oxygen atoms in total. The van der Waals surface area contributed by atoms with E-state index in [1.54, 1.807) is 13.0 Å². The zero-order valence-electron chi connectivity index (χ0n) is 15.8. The van der Waals surface area contributed by atoms with Gasteiger partial charge in [-0.25, -0.2) is 4.98 Å². The Morgan fingerprint density at radius 2 is 1.85 bits per heavy atom. The summed E-state index contributed by atoms with van der Waals surface area (Å²) >= 11 is 1.14. The summed E-state index contributed by atoms with van der Waals surface area (Å²) in [7, 11) is 0. The first-order valence-electron chi connectivity index (χ1n) is 8.21. The van der Waals surface area contributed by atoms with Crippen LogP contribution in [-0.2, 0) is 4.79 Å². The number of amides is 1. The topological polar surface area (TPSA) is 109 Å². The third kappa shape index (κ3) is 4.44.